The number of methoxy groups -OCH3 is 1. The molecule has 5 nitrogen and oxygen atoms in total. The smallest absolute Gasteiger partial charge is 0.217 e. The first kappa shape index (κ1) is 15.9. The molecule has 1 amide bonds. The molecule has 0 saturated carbocycles. The molecule has 0 bridgehead atoms. The summed E-state index contributed by atoms with van der Waals surface area (Å²) in [7, 11) is 1.57. The van der Waals surface area contributed by atoms with Gasteiger partial charge in [0.2, 0.25) is 5.91 Å². The molecule has 0 saturated heterocycles. The van der Waals surface area contributed by atoms with E-state index < -0.39 is 6.10 Å². The van der Waals surface area contributed by atoms with Crippen LogP contribution in [0.4, 0.5) is 0 Å². The molecule has 21 heavy (non-hydrogen) atoms. The zero-order chi connectivity index (χ0) is 15.6. The Morgan fingerprint density at radius 2 is 2.29 bits per heavy atom. The van der Waals surface area contributed by atoms with Crippen LogP contribution in [0.1, 0.15) is 25.5 Å². The minimum Gasteiger partial charge on any atom is -0.497 e. The molecular formula is C15H20ClNO4. The van der Waals surface area contributed by atoms with Crippen LogP contribution in [0, 0.1) is 5.92 Å². The highest BCUT2D eigenvalue weighted by Gasteiger charge is 2.38. The Hall–Kier alpha value is -1.46. The van der Waals surface area contributed by atoms with Gasteiger partial charge in [-0.25, -0.2) is 0 Å². The molecule has 0 spiro atoms. The van der Waals surface area contributed by atoms with Crippen molar-refractivity contribution in [3.63, 3.8) is 0 Å². The number of hydrogen-bond donors (Lipinski definition) is 2. The second-order valence-electron chi connectivity index (χ2n) is 5.23. The van der Waals surface area contributed by atoms with Gasteiger partial charge in [-0.15, -0.1) is 11.6 Å². The van der Waals surface area contributed by atoms with Gasteiger partial charge in [0.05, 0.1) is 31.2 Å². The highest BCUT2D eigenvalue weighted by atomic mass is 35.5. The van der Waals surface area contributed by atoms with Crippen LogP contribution < -0.4 is 14.8 Å². The van der Waals surface area contributed by atoms with Crippen molar-refractivity contribution >= 4 is 17.5 Å². The van der Waals surface area contributed by atoms with E-state index in [9.17, 15) is 9.90 Å². The van der Waals surface area contributed by atoms with Crippen LogP contribution in [0.5, 0.6) is 11.5 Å². The fraction of sp³-hybridized carbons (Fsp3) is 0.533. The van der Waals surface area contributed by atoms with Crippen LogP contribution in [-0.2, 0) is 4.79 Å². The van der Waals surface area contributed by atoms with Crippen LogP contribution in [0.3, 0.4) is 0 Å². The molecule has 116 valence electrons. The van der Waals surface area contributed by atoms with Gasteiger partial charge in [0.1, 0.15) is 11.5 Å². The summed E-state index contributed by atoms with van der Waals surface area (Å²) in [5.74, 6) is 0.771. The van der Waals surface area contributed by atoms with Crippen molar-refractivity contribution in [1.29, 1.82) is 0 Å². The van der Waals surface area contributed by atoms with Gasteiger partial charge in [0, 0.05) is 18.4 Å². The molecule has 1 heterocycles. The molecule has 2 rings (SSSR count). The Morgan fingerprint density at radius 1 is 1.57 bits per heavy atom. The Labute approximate surface area is 129 Å². The van der Waals surface area contributed by atoms with Crippen molar-refractivity contribution in [3.05, 3.63) is 23.8 Å². The van der Waals surface area contributed by atoms with E-state index in [-0.39, 0.29) is 23.2 Å². The van der Waals surface area contributed by atoms with Gasteiger partial charge < -0.3 is 19.9 Å². The molecule has 0 aliphatic carbocycles. The highest BCUT2D eigenvalue weighted by molar-refractivity contribution is 6.21. The van der Waals surface area contributed by atoms with E-state index in [1.165, 1.54) is 6.92 Å². The summed E-state index contributed by atoms with van der Waals surface area (Å²) < 4.78 is 10.9. The molecule has 6 heteroatoms. The van der Waals surface area contributed by atoms with E-state index in [2.05, 4.69) is 5.32 Å². The lowest BCUT2D eigenvalue weighted by atomic mass is 9.86. The Morgan fingerprint density at radius 3 is 2.86 bits per heavy atom. The maximum absolute atomic E-state index is 11.3. The molecule has 1 aromatic carbocycles. The first-order chi connectivity index (χ1) is 9.93. The summed E-state index contributed by atoms with van der Waals surface area (Å²) in [5.41, 5.74) is 0.651. The number of alkyl halides is 1. The van der Waals surface area contributed by atoms with Gasteiger partial charge >= 0.3 is 0 Å². The number of fused-ring (bicyclic) bond motifs is 1. The number of halogens is 1. The van der Waals surface area contributed by atoms with Crippen LogP contribution in [0.15, 0.2) is 18.2 Å². The predicted molar refractivity (Wildman–Crippen MR) is 79.9 cm³/mol. The van der Waals surface area contributed by atoms with Gasteiger partial charge in [-0.05, 0) is 25.1 Å². The van der Waals surface area contributed by atoms with Gasteiger partial charge in [0.15, 0.2) is 0 Å². The third-order valence-electron chi connectivity index (χ3n) is 3.70. The Bertz CT molecular complexity index is 520. The number of aliphatic hydroxyl groups excluding tert-OH is 1. The molecule has 1 aliphatic rings. The predicted octanol–water partition coefficient (Wildman–Crippen LogP) is 1.87. The van der Waals surface area contributed by atoms with Crippen molar-refractivity contribution in [2.75, 3.05) is 13.7 Å². The summed E-state index contributed by atoms with van der Waals surface area (Å²) >= 11 is 6.17. The van der Waals surface area contributed by atoms with Crippen molar-refractivity contribution in [2.24, 2.45) is 5.92 Å². The summed E-state index contributed by atoms with van der Waals surface area (Å²) in [5, 5.41) is 13.1. The molecule has 1 aliphatic heterocycles. The number of benzene rings is 1. The number of ether oxygens (including phenoxy) is 2. The number of hydrogen-bond acceptors (Lipinski definition) is 4. The summed E-state index contributed by atoms with van der Waals surface area (Å²) in [6.45, 7) is 3.51. The summed E-state index contributed by atoms with van der Waals surface area (Å²) in [4.78, 5) is 11.3. The van der Waals surface area contributed by atoms with E-state index >= 15 is 0 Å². The molecule has 0 fully saturated rings. The van der Waals surface area contributed by atoms with Crippen LogP contribution in [0.2, 0.25) is 0 Å². The number of aliphatic hydroxyl groups is 1. The topological polar surface area (TPSA) is 67.8 Å². The van der Waals surface area contributed by atoms with E-state index in [1.54, 1.807) is 32.2 Å². The highest BCUT2D eigenvalue weighted by Crippen LogP contribution is 2.39. The normalized spacial score (nSPS) is 23.5. The third kappa shape index (κ3) is 3.41. The van der Waals surface area contributed by atoms with Crippen LogP contribution >= 0.6 is 11.6 Å². The third-order valence-corrected chi connectivity index (χ3v) is 3.97. The molecule has 2 unspecified atom stereocenters. The van der Waals surface area contributed by atoms with E-state index in [0.29, 0.717) is 23.7 Å². The molecule has 2 N–H and O–H groups in total. The fourth-order valence-corrected chi connectivity index (χ4v) is 2.87. The van der Waals surface area contributed by atoms with Crippen LogP contribution in [-0.4, -0.2) is 36.1 Å². The Balaban J connectivity index is 2.29. The maximum atomic E-state index is 11.3. The van der Waals surface area contributed by atoms with Crippen molar-refractivity contribution in [3.8, 4) is 11.5 Å². The second kappa shape index (κ2) is 6.54. The summed E-state index contributed by atoms with van der Waals surface area (Å²) in [6, 6.07) is 4.92. The van der Waals surface area contributed by atoms with Crippen molar-refractivity contribution < 1.29 is 19.4 Å². The molecular weight excluding hydrogens is 294 g/mol. The minimum atomic E-state index is -0.776. The minimum absolute atomic E-state index is 0.184. The lowest BCUT2D eigenvalue weighted by Gasteiger charge is -2.37. The average Bonchev–Trinajstić information content (AvgIpc) is 2.45. The second-order valence-corrected chi connectivity index (χ2v) is 5.92. The van der Waals surface area contributed by atoms with Crippen molar-refractivity contribution in [2.45, 2.75) is 31.4 Å². The average molecular weight is 314 g/mol. The van der Waals surface area contributed by atoms with E-state index in [0.717, 1.165) is 0 Å². The van der Waals surface area contributed by atoms with Crippen molar-refractivity contribution in [1.82, 2.24) is 5.32 Å². The standard InChI is InChI=1S/C15H20ClNO4/c1-8(16)14(17-9(2)18)12-7-21-13-5-4-10(20-3)6-11(13)15(12)19/h4-6,8,12,14-15,19H,7H2,1-3H3,(H,17,18)/t8?,12-,14?,15+/m1/s1. The zero-order valence-corrected chi connectivity index (χ0v) is 13.1. The molecule has 4 atom stereocenters. The number of nitrogens with one attached hydrogen (secondary N) is 1. The largest absolute Gasteiger partial charge is 0.497 e. The number of amides is 1. The lowest BCUT2D eigenvalue weighted by molar-refractivity contribution is -0.120. The number of carbonyl (C=O) groups excluding carboxylic acids is 1. The fourth-order valence-electron chi connectivity index (χ4n) is 2.62. The van der Waals surface area contributed by atoms with Crippen LogP contribution in [0.25, 0.3) is 0 Å². The molecule has 0 radical (unpaired) electrons. The van der Waals surface area contributed by atoms with E-state index in [4.69, 9.17) is 21.1 Å². The van der Waals surface area contributed by atoms with Gasteiger partial charge in [-0.1, -0.05) is 0 Å². The quantitative estimate of drug-likeness (QED) is 0.833. The SMILES string of the molecule is COc1ccc2c(c1)[C@H](O)[C@@H](C(NC(C)=O)C(C)Cl)CO2. The van der Waals surface area contributed by atoms with Gasteiger partial charge in [-0.2, -0.15) is 0 Å². The summed E-state index contributed by atoms with van der Waals surface area (Å²) in [6.07, 6.45) is -0.776. The molecule has 1 aromatic rings. The zero-order valence-electron chi connectivity index (χ0n) is 12.3. The number of carbonyl (C=O) groups is 1. The maximum Gasteiger partial charge on any atom is 0.217 e. The van der Waals surface area contributed by atoms with Gasteiger partial charge in [0.25, 0.3) is 0 Å². The number of rotatable bonds is 4. The first-order valence-electron chi connectivity index (χ1n) is 6.84. The monoisotopic (exact) mass is 313 g/mol. The lowest BCUT2D eigenvalue weighted by Crippen LogP contribution is -2.49. The van der Waals surface area contributed by atoms with E-state index in [1.807, 2.05) is 0 Å². The molecule has 0 aromatic heterocycles. The van der Waals surface area contributed by atoms with Gasteiger partial charge in [-0.3, -0.25) is 4.79 Å². The Kier molecular flexibility index (Phi) is 4.96. The first-order valence-corrected chi connectivity index (χ1v) is 7.27.